The number of allylic oxidation sites excluding steroid dienone is 26. The average molecular weight is 949 g/mol. The lowest BCUT2D eigenvalue weighted by Gasteiger charge is -2.18. The van der Waals surface area contributed by atoms with Crippen LogP contribution in [-0.2, 0) is 28.6 Å². The third kappa shape index (κ3) is 53.8. The van der Waals surface area contributed by atoms with E-state index in [0.717, 1.165) is 103 Å². The molecule has 0 spiro atoms. The van der Waals surface area contributed by atoms with Gasteiger partial charge in [-0.25, -0.2) is 0 Å². The van der Waals surface area contributed by atoms with Gasteiger partial charge in [-0.15, -0.1) is 0 Å². The molecule has 0 radical (unpaired) electrons. The van der Waals surface area contributed by atoms with E-state index < -0.39 is 6.10 Å². The van der Waals surface area contributed by atoms with Crippen molar-refractivity contribution in [3.8, 4) is 0 Å². The SMILES string of the molecule is CC/C=C\C/C=C\C/C=C\C/C=C\C/C=C\C/C=C\CCC(=O)OCC(COC(=O)CC/C=C\C/C=C\CCCCCCCC)OC(=O)CCCCC/C=C\C/C=C\C/C=C\C/C=C\C/C=C\CC. The first-order valence-electron chi connectivity index (χ1n) is 27.0. The van der Waals surface area contributed by atoms with E-state index in [1.807, 2.05) is 18.2 Å². The molecule has 6 nitrogen and oxygen atoms in total. The quantitative estimate of drug-likeness (QED) is 0.0262. The molecular weight excluding hydrogens is 853 g/mol. The molecular formula is C63H96O6. The second kappa shape index (κ2) is 55.6. The zero-order chi connectivity index (χ0) is 50.0. The maximum absolute atomic E-state index is 12.8. The molecule has 0 aromatic carbocycles. The van der Waals surface area contributed by atoms with Crippen LogP contribution >= 0.6 is 0 Å². The van der Waals surface area contributed by atoms with Gasteiger partial charge in [0.15, 0.2) is 6.10 Å². The minimum Gasteiger partial charge on any atom is -0.462 e. The summed E-state index contributed by atoms with van der Waals surface area (Å²) in [6.45, 7) is 6.23. The summed E-state index contributed by atoms with van der Waals surface area (Å²) in [5.41, 5.74) is 0. The Labute approximate surface area is 422 Å². The van der Waals surface area contributed by atoms with Crippen molar-refractivity contribution < 1.29 is 28.6 Å². The molecule has 0 saturated heterocycles. The van der Waals surface area contributed by atoms with Gasteiger partial charge in [0.25, 0.3) is 0 Å². The Balaban J connectivity index is 4.65. The number of hydrogen-bond acceptors (Lipinski definition) is 6. The van der Waals surface area contributed by atoms with Gasteiger partial charge in [-0.3, -0.25) is 14.4 Å². The van der Waals surface area contributed by atoms with Crippen molar-refractivity contribution in [3.63, 3.8) is 0 Å². The van der Waals surface area contributed by atoms with E-state index in [0.29, 0.717) is 19.3 Å². The van der Waals surface area contributed by atoms with Gasteiger partial charge < -0.3 is 14.2 Å². The molecule has 0 aliphatic heterocycles. The third-order valence-corrected chi connectivity index (χ3v) is 10.5. The fourth-order valence-electron chi connectivity index (χ4n) is 6.55. The molecule has 0 amide bonds. The van der Waals surface area contributed by atoms with Crippen LogP contribution < -0.4 is 0 Å². The number of hydrogen-bond donors (Lipinski definition) is 0. The Morgan fingerprint density at radius 3 is 0.942 bits per heavy atom. The topological polar surface area (TPSA) is 78.9 Å². The first kappa shape index (κ1) is 64.0. The van der Waals surface area contributed by atoms with Crippen LogP contribution in [0.15, 0.2) is 158 Å². The standard InChI is InChI=1S/C63H96O6/c1-4-7-10-13-16-19-22-25-27-29-31-33-35-38-41-44-47-50-53-56-62(65)68-59-60(58-67-61(64)55-52-49-46-43-40-37-24-21-18-15-12-9-6-3)69-63(66)57-54-51-48-45-42-39-36-34-32-30-28-26-23-20-17-14-11-8-5-2/h7-8,10-11,16-17,19-20,25-28,31-34,37-42,46-47,49-50,60H,4-6,9,12-15,18,21-24,29-30,35-36,43-45,48,51-59H2,1-3H3/b10-7-,11-8-,19-16-,20-17-,27-25-,28-26-,33-31-,34-32-,40-37-,41-38-,42-39-,49-46-,50-47-. The van der Waals surface area contributed by atoms with Gasteiger partial charge >= 0.3 is 17.9 Å². The molecule has 0 fully saturated rings. The van der Waals surface area contributed by atoms with Gasteiger partial charge in [-0.05, 0) is 122 Å². The molecule has 0 aromatic rings. The number of unbranched alkanes of at least 4 members (excludes halogenated alkanes) is 9. The number of rotatable bonds is 46. The van der Waals surface area contributed by atoms with Gasteiger partial charge in [0.2, 0.25) is 0 Å². The normalized spacial score (nSPS) is 13.4. The highest BCUT2D eigenvalue weighted by Crippen LogP contribution is 2.10. The summed E-state index contributed by atoms with van der Waals surface area (Å²) in [4.78, 5) is 38.0. The van der Waals surface area contributed by atoms with Crippen molar-refractivity contribution in [3.05, 3.63) is 158 Å². The van der Waals surface area contributed by atoms with Crippen molar-refractivity contribution in [2.75, 3.05) is 13.2 Å². The van der Waals surface area contributed by atoms with Gasteiger partial charge in [-0.1, -0.05) is 217 Å². The highest BCUT2D eigenvalue weighted by molar-refractivity contribution is 5.71. The maximum Gasteiger partial charge on any atom is 0.306 e. The minimum atomic E-state index is -0.857. The van der Waals surface area contributed by atoms with Crippen molar-refractivity contribution in [1.82, 2.24) is 0 Å². The highest BCUT2D eigenvalue weighted by atomic mass is 16.6. The van der Waals surface area contributed by atoms with Crippen LogP contribution in [0.4, 0.5) is 0 Å². The predicted molar refractivity (Wildman–Crippen MR) is 297 cm³/mol. The molecule has 6 heteroatoms. The fourth-order valence-corrected chi connectivity index (χ4v) is 6.55. The lowest BCUT2D eigenvalue weighted by Crippen LogP contribution is -2.30. The number of esters is 3. The Bertz CT molecular complexity index is 1610. The monoisotopic (exact) mass is 949 g/mol. The molecule has 0 heterocycles. The van der Waals surface area contributed by atoms with Crippen molar-refractivity contribution in [2.24, 2.45) is 0 Å². The van der Waals surface area contributed by atoms with Crippen LogP contribution in [0.5, 0.6) is 0 Å². The average Bonchev–Trinajstić information content (AvgIpc) is 3.35. The largest absolute Gasteiger partial charge is 0.462 e. The first-order valence-corrected chi connectivity index (χ1v) is 27.0. The lowest BCUT2D eigenvalue weighted by molar-refractivity contribution is -0.166. The van der Waals surface area contributed by atoms with Crippen LogP contribution in [0.3, 0.4) is 0 Å². The van der Waals surface area contributed by atoms with Gasteiger partial charge in [0.05, 0.1) is 0 Å². The Morgan fingerprint density at radius 2 is 0.594 bits per heavy atom. The molecule has 0 N–H and O–H groups in total. The van der Waals surface area contributed by atoms with Crippen LogP contribution in [0.1, 0.15) is 201 Å². The summed E-state index contributed by atoms with van der Waals surface area (Å²) in [6.07, 6.45) is 81.1. The fraction of sp³-hybridized carbons (Fsp3) is 0.540. The van der Waals surface area contributed by atoms with Crippen LogP contribution in [0, 0.1) is 0 Å². The van der Waals surface area contributed by atoms with E-state index in [1.54, 1.807) is 0 Å². The van der Waals surface area contributed by atoms with Crippen molar-refractivity contribution in [2.45, 2.75) is 207 Å². The zero-order valence-corrected chi connectivity index (χ0v) is 43.8. The second-order valence-electron chi connectivity index (χ2n) is 17.0. The Kier molecular flexibility index (Phi) is 51.6. The molecule has 0 saturated carbocycles. The van der Waals surface area contributed by atoms with E-state index in [4.69, 9.17) is 14.2 Å². The molecule has 1 atom stereocenters. The van der Waals surface area contributed by atoms with Crippen LogP contribution in [-0.4, -0.2) is 37.2 Å². The maximum atomic E-state index is 12.8. The molecule has 0 aliphatic rings. The highest BCUT2D eigenvalue weighted by Gasteiger charge is 2.19. The Hall–Kier alpha value is -4.97. The van der Waals surface area contributed by atoms with E-state index in [9.17, 15) is 14.4 Å². The van der Waals surface area contributed by atoms with E-state index >= 15 is 0 Å². The van der Waals surface area contributed by atoms with Crippen molar-refractivity contribution >= 4 is 17.9 Å². The minimum absolute atomic E-state index is 0.153. The van der Waals surface area contributed by atoms with Crippen LogP contribution in [0.25, 0.3) is 0 Å². The van der Waals surface area contributed by atoms with Crippen LogP contribution in [0.2, 0.25) is 0 Å². The van der Waals surface area contributed by atoms with Gasteiger partial charge in [-0.2, -0.15) is 0 Å². The summed E-state index contributed by atoms with van der Waals surface area (Å²) in [5.74, 6) is -1.14. The summed E-state index contributed by atoms with van der Waals surface area (Å²) in [7, 11) is 0. The first-order chi connectivity index (χ1) is 34.0. The summed E-state index contributed by atoms with van der Waals surface area (Å²) < 4.78 is 16.7. The Morgan fingerprint density at radius 1 is 0.304 bits per heavy atom. The summed E-state index contributed by atoms with van der Waals surface area (Å²) in [5, 5.41) is 0. The molecule has 384 valence electrons. The van der Waals surface area contributed by atoms with E-state index in [-0.39, 0.29) is 50.4 Å². The zero-order valence-electron chi connectivity index (χ0n) is 43.8. The van der Waals surface area contributed by atoms with Crippen molar-refractivity contribution in [1.29, 1.82) is 0 Å². The number of carbonyl (C=O) groups is 3. The lowest BCUT2D eigenvalue weighted by atomic mass is 10.1. The smallest absolute Gasteiger partial charge is 0.306 e. The molecule has 0 aliphatic carbocycles. The van der Waals surface area contributed by atoms with Gasteiger partial charge in [0.1, 0.15) is 13.2 Å². The molecule has 0 rings (SSSR count). The van der Waals surface area contributed by atoms with E-state index in [1.165, 1.54) is 38.5 Å². The third-order valence-electron chi connectivity index (χ3n) is 10.5. The molecule has 69 heavy (non-hydrogen) atoms. The number of ether oxygens (including phenoxy) is 3. The van der Waals surface area contributed by atoms with E-state index in [2.05, 4.69) is 161 Å². The molecule has 1 unspecified atom stereocenters. The number of carbonyl (C=O) groups excluding carboxylic acids is 3. The summed E-state index contributed by atoms with van der Waals surface area (Å²) in [6, 6.07) is 0. The molecule has 0 bridgehead atoms. The predicted octanol–water partition coefficient (Wildman–Crippen LogP) is 18.2. The second-order valence-corrected chi connectivity index (χ2v) is 17.0. The van der Waals surface area contributed by atoms with Gasteiger partial charge in [0, 0.05) is 19.3 Å². The summed E-state index contributed by atoms with van der Waals surface area (Å²) >= 11 is 0. The molecule has 0 aromatic heterocycles.